The number of carbonyl (C=O) groups excluding carboxylic acids is 5. The number of aliphatic hydroxyl groups is 1. The molecule has 0 amide bonds. The molecule has 0 saturated carbocycles. The predicted molar refractivity (Wildman–Crippen MR) is 191 cm³/mol. The summed E-state index contributed by atoms with van der Waals surface area (Å²) in [6.07, 6.45) is 0.0134. The Hall–Kier alpha value is -2.70. The molecule has 4 unspecified atom stereocenters. The standard InChI is InChI=1S/C17H28O6.C13H24O5.C8H10O3.HI/c1-11(2)15(19)20-10-13-8-12(21-17(6,7)22-13)9-14(18)23-16(3,4)5;1-12(2,3)18-11(15)7-9-6-10(8-14)17-13(4,5)16-9;1-5(2)7(9)11-8(10)6(3)4;/h12-13H,1,8-10H2,2-7H3;9-10,14H,6-8H2,1-5H3;1,3H2,2,4H3;1H/p-1. The van der Waals surface area contributed by atoms with Gasteiger partial charge < -0.3 is 67.0 Å². The Balaban J connectivity index is 0. The molecule has 0 aromatic heterocycles. The molecule has 14 nitrogen and oxygen atoms in total. The number of aliphatic hydroxyl groups excluding tert-OH is 1. The van der Waals surface area contributed by atoms with Crippen LogP contribution in [-0.4, -0.2) is 95.4 Å². The number of hydrogen-bond donors (Lipinski definition) is 1. The summed E-state index contributed by atoms with van der Waals surface area (Å²) in [5.41, 5.74) is -0.302. The first-order valence-corrected chi connectivity index (χ1v) is 17.1. The molecular weight excluding hydrogens is 807 g/mol. The Labute approximate surface area is 332 Å². The molecule has 0 aromatic rings. The van der Waals surface area contributed by atoms with E-state index in [0.29, 0.717) is 18.4 Å². The first kappa shape index (κ1) is 52.4. The molecule has 2 heterocycles. The van der Waals surface area contributed by atoms with Crippen LogP contribution >= 0.6 is 0 Å². The number of carbonyl (C=O) groups is 5. The minimum atomic E-state index is -0.856. The third-order valence-electron chi connectivity index (χ3n) is 6.32. The number of hydrogen-bond acceptors (Lipinski definition) is 14. The highest BCUT2D eigenvalue weighted by Gasteiger charge is 2.38. The van der Waals surface area contributed by atoms with Gasteiger partial charge >= 0.3 is 29.8 Å². The maximum Gasteiger partial charge on any atom is 0.340 e. The molecule has 0 aliphatic carbocycles. The second kappa shape index (κ2) is 22.6. The van der Waals surface area contributed by atoms with Crippen molar-refractivity contribution < 1.29 is 91.0 Å². The van der Waals surface area contributed by atoms with Crippen molar-refractivity contribution in [2.24, 2.45) is 0 Å². The van der Waals surface area contributed by atoms with Gasteiger partial charge in [-0.15, -0.1) is 0 Å². The van der Waals surface area contributed by atoms with Crippen molar-refractivity contribution in [3.05, 3.63) is 36.5 Å². The van der Waals surface area contributed by atoms with Crippen LogP contribution in [0.2, 0.25) is 0 Å². The van der Waals surface area contributed by atoms with Crippen LogP contribution in [-0.2, 0) is 61.9 Å². The average molecular weight is 870 g/mol. The molecule has 306 valence electrons. The summed E-state index contributed by atoms with van der Waals surface area (Å²) in [5.74, 6) is -4.12. The topological polar surface area (TPSA) is 179 Å². The molecule has 2 aliphatic heterocycles. The first-order valence-electron chi connectivity index (χ1n) is 17.1. The normalized spacial score (nSPS) is 21.6. The Kier molecular flexibility index (Phi) is 22.4. The summed E-state index contributed by atoms with van der Waals surface area (Å²) in [6.45, 7) is 32.7. The lowest BCUT2D eigenvalue weighted by molar-refractivity contribution is -0.305. The largest absolute Gasteiger partial charge is 1.00 e. The molecule has 15 heteroatoms. The van der Waals surface area contributed by atoms with E-state index >= 15 is 0 Å². The van der Waals surface area contributed by atoms with E-state index in [1.165, 1.54) is 13.8 Å². The van der Waals surface area contributed by atoms with Crippen LogP contribution in [0.3, 0.4) is 0 Å². The Morgan fingerprint density at radius 3 is 1.26 bits per heavy atom. The maximum absolute atomic E-state index is 12.0. The zero-order chi connectivity index (χ0) is 40.8. The molecule has 2 saturated heterocycles. The molecule has 2 rings (SSSR count). The van der Waals surface area contributed by atoms with Crippen LogP contribution in [0.25, 0.3) is 0 Å². The predicted octanol–water partition coefficient (Wildman–Crippen LogP) is 2.58. The van der Waals surface area contributed by atoms with Crippen molar-refractivity contribution in [1.29, 1.82) is 0 Å². The van der Waals surface area contributed by atoms with Gasteiger partial charge in [0.25, 0.3) is 0 Å². The number of rotatable bonds is 10. The third kappa shape index (κ3) is 25.1. The van der Waals surface area contributed by atoms with Gasteiger partial charge in [-0.2, -0.15) is 0 Å². The van der Waals surface area contributed by atoms with Crippen molar-refractivity contribution in [2.45, 2.75) is 163 Å². The molecule has 2 aliphatic rings. The molecule has 0 bridgehead atoms. The van der Waals surface area contributed by atoms with E-state index in [4.69, 9.17) is 38.3 Å². The van der Waals surface area contributed by atoms with E-state index in [-0.39, 0.29) is 97.5 Å². The van der Waals surface area contributed by atoms with E-state index in [2.05, 4.69) is 24.5 Å². The van der Waals surface area contributed by atoms with Crippen LogP contribution in [0, 0.1) is 0 Å². The lowest BCUT2D eigenvalue weighted by Crippen LogP contribution is -3.00. The lowest BCUT2D eigenvalue weighted by atomic mass is 10.1. The van der Waals surface area contributed by atoms with E-state index in [1.807, 2.05) is 41.5 Å². The highest BCUT2D eigenvalue weighted by atomic mass is 127. The fraction of sp³-hybridized carbons (Fsp3) is 0.711. The Morgan fingerprint density at radius 1 is 0.623 bits per heavy atom. The Morgan fingerprint density at radius 2 is 0.943 bits per heavy atom. The minimum Gasteiger partial charge on any atom is -1.00 e. The number of halogens is 1. The molecule has 1 N–H and O–H groups in total. The van der Waals surface area contributed by atoms with Gasteiger partial charge in [0.1, 0.15) is 17.8 Å². The molecule has 0 aromatic carbocycles. The van der Waals surface area contributed by atoms with Crippen molar-refractivity contribution >= 4 is 29.8 Å². The fourth-order valence-electron chi connectivity index (χ4n) is 4.59. The quantitative estimate of drug-likeness (QED) is 0.111. The fourth-order valence-corrected chi connectivity index (χ4v) is 4.59. The third-order valence-corrected chi connectivity index (χ3v) is 6.32. The summed E-state index contributed by atoms with van der Waals surface area (Å²) in [4.78, 5) is 56.5. The molecule has 0 spiro atoms. The summed E-state index contributed by atoms with van der Waals surface area (Å²) in [7, 11) is 0. The van der Waals surface area contributed by atoms with Gasteiger partial charge in [0.2, 0.25) is 0 Å². The first-order chi connectivity index (χ1) is 23.4. The van der Waals surface area contributed by atoms with Crippen molar-refractivity contribution in [1.82, 2.24) is 0 Å². The lowest BCUT2D eigenvalue weighted by Gasteiger charge is -2.40. The zero-order valence-electron chi connectivity index (χ0n) is 33.8. The van der Waals surface area contributed by atoms with Crippen LogP contribution in [0.15, 0.2) is 36.5 Å². The zero-order valence-corrected chi connectivity index (χ0v) is 36.0. The monoisotopic (exact) mass is 869 g/mol. The number of esters is 5. The van der Waals surface area contributed by atoms with Gasteiger partial charge in [0.15, 0.2) is 11.6 Å². The number of ether oxygens (including phenoxy) is 8. The van der Waals surface area contributed by atoms with Gasteiger partial charge in [0.05, 0.1) is 43.9 Å². The van der Waals surface area contributed by atoms with Gasteiger partial charge in [-0.25, -0.2) is 14.4 Å². The van der Waals surface area contributed by atoms with Crippen molar-refractivity contribution in [3.8, 4) is 0 Å². The highest BCUT2D eigenvalue weighted by molar-refractivity contribution is 6.00. The summed E-state index contributed by atoms with van der Waals surface area (Å²) in [6, 6.07) is 0. The molecule has 4 atom stereocenters. The van der Waals surface area contributed by atoms with E-state index in [0.717, 1.165) is 0 Å². The van der Waals surface area contributed by atoms with Gasteiger partial charge in [-0.05, 0) is 90.0 Å². The average Bonchev–Trinajstić information content (AvgIpc) is 2.92. The van der Waals surface area contributed by atoms with Crippen LogP contribution < -0.4 is 24.0 Å². The highest BCUT2D eigenvalue weighted by Crippen LogP contribution is 2.30. The van der Waals surface area contributed by atoms with E-state index in [9.17, 15) is 24.0 Å². The maximum atomic E-state index is 12.0. The molecule has 0 radical (unpaired) electrons. The van der Waals surface area contributed by atoms with Crippen LogP contribution in [0.1, 0.15) is 116 Å². The SMILES string of the molecule is C=C(C)C(=O)OC(=O)C(=C)C.C=C(C)C(=O)OCC1CC(CC(=O)OC(C)(C)C)OC(C)(C)O1.CC(C)(C)OC(=O)CC1CC(CO)OC(C)(C)O1.[I-]. The molecule has 53 heavy (non-hydrogen) atoms. The van der Waals surface area contributed by atoms with E-state index in [1.54, 1.807) is 34.6 Å². The van der Waals surface area contributed by atoms with Gasteiger partial charge in [0, 0.05) is 29.6 Å². The van der Waals surface area contributed by atoms with Crippen molar-refractivity contribution in [3.63, 3.8) is 0 Å². The second-order valence-electron chi connectivity index (χ2n) is 15.6. The molecular formula is C38H62IO14-. The molecule has 2 fully saturated rings. The Bertz CT molecular complexity index is 1260. The van der Waals surface area contributed by atoms with Crippen LogP contribution in [0.5, 0.6) is 0 Å². The van der Waals surface area contributed by atoms with Gasteiger partial charge in [-0.3, -0.25) is 9.59 Å². The smallest absolute Gasteiger partial charge is 0.340 e. The summed E-state index contributed by atoms with van der Waals surface area (Å²) < 4.78 is 42.7. The minimum absolute atomic E-state index is 0. The van der Waals surface area contributed by atoms with E-state index < -0.39 is 40.7 Å². The van der Waals surface area contributed by atoms with Crippen LogP contribution in [0.4, 0.5) is 0 Å². The summed E-state index contributed by atoms with van der Waals surface area (Å²) in [5, 5.41) is 9.16. The second-order valence-corrected chi connectivity index (χ2v) is 15.6. The van der Waals surface area contributed by atoms with Gasteiger partial charge in [-0.1, -0.05) is 19.7 Å². The van der Waals surface area contributed by atoms with Crippen molar-refractivity contribution in [2.75, 3.05) is 13.2 Å². The summed E-state index contributed by atoms with van der Waals surface area (Å²) >= 11 is 0.